The Labute approximate surface area is 102 Å². The minimum absolute atomic E-state index is 0.0372. The molecule has 1 aromatic heterocycles. The molecule has 1 aromatic rings. The third-order valence-electron chi connectivity index (χ3n) is 3.62. The Hall–Kier alpha value is -1.25. The molecule has 0 radical (unpaired) electrons. The fraction of sp³-hybridized carbons (Fsp3) is 0.643. The molecule has 1 heterocycles. The second kappa shape index (κ2) is 5.39. The molecule has 0 aromatic carbocycles. The number of rotatable bonds is 4. The van der Waals surface area contributed by atoms with Crippen LogP contribution < -0.4 is 0 Å². The van der Waals surface area contributed by atoms with E-state index in [2.05, 4.69) is 0 Å². The smallest absolute Gasteiger partial charge is 0.304 e. The number of hydrogen-bond donors (Lipinski definition) is 1. The maximum Gasteiger partial charge on any atom is 0.304 e. The molecule has 1 unspecified atom stereocenters. The van der Waals surface area contributed by atoms with Gasteiger partial charge in [-0.05, 0) is 25.0 Å². The zero-order valence-electron chi connectivity index (χ0n) is 10.3. The highest BCUT2D eigenvalue weighted by Crippen LogP contribution is 2.35. The maximum absolute atomic E-state index is 10.6. The monoisotopic (exact) mass is 236 g/mol. The second-order valence-electron chi connectivity index (χ2n) is 5.07. The molecule has 1 saturated carbocycles. The van der Waals surface area contributed by atoms with E-state index in [9.17, 15) is 4.79 Å². The Balaban J connectivity index is 2.01. The topological polar surface area (TPSA) is 50.4 Å². The number of carboxylic acid groups (broad SMARTS) is 1. The van der Waals surface area contributed by atoms with Crippen molar-refractivity contribution in [2.75, 3.05) is 0 Å². The van der Waals surface area contributed by atoms with Gasteiger partial charge in [-0.15, -0.1) is 0 Å². The van der Waals surface area contributed by atoms with Crippen molar-refractivity contribution in [3.05, 3.63) is 23.7 Å². The van der Waals surface area contributed by atoms with Crippen molar-refractivity contribution in [1.29, 1.82) is 0 Å². The second-order valence-corrected chi connectivity index (χ2v) is 5.07. The zero-order valence-corrected chi connectivity index (χ0v) is 10.3. The van der Waals surface area contributed by atoms with Gasteiger partial charge in [0.15, 0.2) is 0 Å². The largest absolute Gasteiger partial charge is 0.481 e. The third-order valence-corrected chi connectivity index (χ3v) is 3.62. The summed E-state index contributed by atoms with van der Waals surface area (Å²) in [4.78, 5) is 10.6. The fourth-order valence-corrected chi connectivity index (χ4v) is 2.60. The molecule has 1 atom stereocenters. The van der Waals surface area contributed by atoms with Crippen molar-refractivity contribution in [1.82, 2.24) is 0 Å². The molecule has 0 amide bonds. The predicted molar refractivity (Wildman–Crippen MR) is 65.2 cm³/mol. The molecule has 1 aliphatic rings. The van der Waals surface area contributed by atoms with Crippen LogP contribution in [0.15, 0.2) is 16.5 Å². The summed E-state index contributed by atoms with van der Waals surface area (Å²) in [6, 6.07) is 3.97. The van der Waals surface area contributed by atoms with E-state index in [1.807, 2.05) is 19.1 Å². The summed E-state index contributed by atoms with van der Waals surface area (Å²) < 4.78 is 5.82. The standard InChI is InChI=1S/C14H20O3/c1-10(9-14(15)16)12-7-8-13(17-12)11-5-3-2-4-6-11/h7-8,10-11H,2-6,9H2,1H3,(H,15,16). The van der Waals surface area contributed by atoms with Crippen LogP contribution in [-0.2, 0) is 4.79 Å². The quantitative estimate of drug-likeness (QED) is 0.862. The lowest BCUT2D eigenvalue weighted by Gasteiger charge is -2.19. The lowest BCUT2D eigenvalue weighted by Crippen LogP contribution is -2.04. The first-order chi connectivity index (χ1) is 8.16. The van der Waals surface area contributed by atoms with Gasteiger partial charge in [-0.2, -0.15) is 0 Å². The summed E-state index contributed by atoms with van der Waals surface area (Å²) in [5, 5.41) is 8.76. The van der Waals surface area contributed by atoms with Gasteiger partial charge in [0.2, 0.25) is 0 Å². The lowest BCUT2D eigenvalue weighted by molar-refractivity contribution is -0.137. The van der Waals surface area contributed by atoms with Gasteiger partial charge in [-0.3, -0.25) is 4.79 Å². The van der Waals surface area contributed by atoms with Crippen molar-refractivity contribution in [2.45, 2.75) is 57.3 Å². The van der Waals surface area contributed by atoms with Crippen molar-refractivity contribution < 1.29 is 14.3 Å². The van der Waals surface area contributed by atoms with Gasteiger partial charge in [0.25, 0.3) is 0 Å². The molecule has 0 spiro atoms. The van der Waals surface area contributed by atoms with Crippen LogP contribution in [0.2, 0.25) is 0 Å². The Kier molecular flexibility index (Phi) is 3.87. The molecular formula is C14H20O3. The van der Waals surface area contributed by atoms with Crippen LogP contribution in [0.1, 0.15) is 68.8 Å². The number of carboxylic acids is 1. The first kappa shape index (κ1) is 12.2. The minimum atomic E-state index is -0.770. The van der Waals surface area contributed by atoms with E-state index in [4.69, 9.17) is 9.52 Å². The SMILES string of the molecule is CC(CC(=O)O)c1ccc(C2CCCCC2)o1. The highest BCUT2D eigenvalue weighted by atomic mass is 16.4. The van der Waals surface area contributed by atoms with Gasteiger partial charge in [0.1, 0.15) is 11.5 Å². The number of carbonyl (C=O) groups is 1. The summed E-state index contributed by atoms with van der Waals surface area (Å²) in [6.45, 7) is 1.90. The Bertz CT molecular complexity index is 375. The van der Waals surface area contributed by atoms with E-state index in [0.29, 0.717) is 5.92 Å². The van der Waals surface area contributed by atoms with Gasteiger partial charge < -0.3 is 9.52 Å². The average molecular weight is 236 g/mol. The summed E-state index contributed by atoms with van der Waals surface area (Å²) in [6.07, 6.45) is 6.45. The van der Waals surface area contributed by atoms with Gasteiger partial charge in [0, 0.05) is 11.8 Å². The van der Waals surface area contributed by atoms with E-state index >= 15 is 0 Å². The first-order valence-electron chi connectivity index (χ1n) is 6.48. The fourth-order valence-electron chi connectivity index (χ4n) is 2.60. The third kappa shape index (κ3) is 3.11. The molecule has 3 heteroatoms. The van der Waals surface area contributed by atoms with Gasteiger partial charge in [0.05, 0.1) is 6.42 Å². The van der Waals surface area contributed by atoms with E-state index in [0.717, 1.165) is 11.5 Å². The van der Waals surface area contributed by atoms with E-state index in [1.165, 1.54) is 32.1 Å². The average Bonchev–Trinajstić information content (AvgIpc) is 2.78. The van der Waals surface area contributed by atoms with Crippen LogP contribution >= 0.6 is 0 Å². The number of furan rings is 1. The molecule has 3 nitrogen and oxygen atoms in total. The summed E-state index contributed by atoms with van der Waals surface area (Å²) in [5.74, 6) is 1.61. The highest BCUT2D eigenvalue weighted by Gasteiger charge is 2.20. The van der Waals surface area contributed by atoms with Gasteiger partial charge >= 0.3 is 5.97 Å². The van der Waals surface area contributed by atoms with E-state index in [1.54, 1.807) is 0 Å². The van der Waals surface area contributed by atoms with Gasteiger partial charge in [-0.1, -0.05) is 26.2 Å². The van der Waals surface area contributed by atoms with Crippen molar-refractivity contribution in [3.63, 3.8) is 0 Å². The molecule has 0 saturated heterocycles. The molecule has 1 N–H and O–H groups in total. The molecule has 2 rings (SSSR count). The van der Waals surface area contributed by atoms with Crippen LogP contribution in [0.25, 0.3) is 0 Å². The van der Waals surface area contributed by atoms with E-state index < -0.39 is 5.97 Å². The lowest BCUT2D eigenvalue weighted by atomic mass is 9.88. The van der Waals surface area contributed by atoms with Crippen molar-refractivity contribution in [2.24, 2.45) is 0 Å². The van der Waals surface area contributed by atoms with Crippen LogP contribution in [0.4, 0.5) is 0 Å². The molecule has 17 heavy (non-hydrogen) atoms. The molecule has 0 bridgehead atoms. The minimum Gasteiger partial charge on any atom is -0.481 e. The Morgan fingerprint density at radius 3 is 2.76 bits per heavy atom. The van der Waals surface area contributed by atoms with Crippen LogP contribution in [-0.4, -0.2) is 11.1 Å². The Morgan fingerprint density at radius 1 is 1.41 bits per heavy atom. The van der Waals surface area contributed by atoms with Crippen LogP contribution in [0, 0.1) is 0 Å². The normalized spacial score (nSPS) is 19.1. The highest BCUT2D eigenvalue weighted by molar-refractivity contribution is 5.67. The van der Waals surface area contributed by atoms with Crippen LogP contribution in [0.3, 0.4) is 0 Å². The molecule has 94 valence electrons. The van der Waals surface area contributed by atoms with Crippen molar-refractivity contribution in [3.8, 4) is 0 Å². The maximum atomic E-state index is 10.6. The van der Waals surface area contributed by atoms with E-state index in [-0.39, 0.29) is 12.3 Å². The number of hydrogen-bond acceptors (Lipinski definition) is 2. The zero-order chi connectivity index (χ0) is 12.3. The summed E-state index contributed by atoms with van der Waals surface area (Å²) in [7, 11) is 0. The number of aliphatic carboxylic acids is 1. The van der Waals surface area contributed by atoms with Crippen LogP contribution in [0.5, 0.6) is 0 Å². The Morgan fingerprint density at radius 2 is 2.12 bits per heavy atom. The molecule has 1 fully saturated rings. The summed E-state index contributed by atoms with van der Waals surface area (Å²) in [5.41, 5.74) is 0. The molecular weight excluding hydrogens is 216 g/mol. The van der Waals surface area contributed by atoms with Crippen molar-refractivity contribution >= 4 is 5.97 Å². The molecule has 0 aliphatic heterocycles. The summed E-state index contributed by atoms with van der Waals surface area (Å²) >= 11 is 0. The first-order valence-corrected chi connectivity index (χ1v) is 6.48. The van der Waals surface area contributed by atoms with Gasteiger partial charge in [-0.25, -0.2) is 0 Å². The predicted octanol–water partition coefficient (Wildman–Crippen LogP) is 3.91. The molecule has 1 aliphatic carbocycles.